The molecule has 0 spiro atoms. The number of rotatable bonds is 6. The zero-order valence-electron chi connectivity index (χ0n) is 7.06. The Bertz CT molecular complexity index is 64.3. The van der Waals surface area contributed by atoms with Gasteiger partial charge in [-0.3, -0.25) is 0 Å². The quantitative estimate of drug-likeness (QED) is 0.549. The standard InChI is InChI=1S/C8H19NO/c1-8(10)6-4-3-5-7-9-2/h8-10H,3-7H2,1-2H3. The van der Waals surface area contributed by atoms with Gasteiger partial charge in [-0.05, 0) is 33.4 Å². The molecule has 0 radical (unpaired) electrons. The van der Waals surface area contributed by atoms with Gasteiger partial charge in [0.25, 0.3) is 0 Å². The van der Waals surface area contributed by atoms with Crippen LogP contribution in [0.15, 0.2) is 0 Å². The summed E-state index contributed by atoms with van der Waals surface area (Å²) in [6.07, 6.45) is 4.44. The predicted octanol–water partition coefficient (Wildman–Crippen LogP) is 1.15. The largest absolute Gasteiger partial charge is 0.393 e. The average Bonchev–Trinajstić information content (AvgIpc) is 1.87. The molecule has 0 aliphatic carbocycles. The maximum absolute atomic E-state index is 8.89. The van der Waals surface area contributed by atoms with Crippen LogP contribution < -0.4 is 5.32 Å². The molecular weight excluding hydrogens is 126 g/mol. The molecule has 1 atom stereocenters. The number of hydrogen-bond donors (Lipinski definition) is 2. The van der Waals surface area contributed by atoms with Crippen LogP contribution in [-0.2, 0) is 0 Å². The van der Waals surface area contributed by atoms with Gasteiger partial charge in [0.1, 0.15) is 0 Å². The van der Waals surface area contributed by atoms with Gasteiger partial charge >= 0.3 is 0 Å². The fourth-order valence-electron chi connectivity index (χ4n) is 0.918. The summed E-state index contributed by atoms with van der Waals surface area (Å²) < 4.78 is 0. The summed E-state index contributed by atoms with van der Waals surface area (Å²) in [6, 6.07) is 0. The molecule has 0 heterocycles. The van der Waals surface area contributed by atoms with E-state index in [1.54, 1.807) is 0 Å². The SMILES string of the molecule is CNCCCCCC(C)O. The van der Waals surface area contributed by atoms with E-state index in [4.69, 9.17) is 5.11 Å². The van der Waals surface area contributed by atoms with E-state index in [1.807, 2.05) is 14.0 Å². The predicted molar refractivity (Wildman–Crippen MR) is 44.1 cm³/mol. The molecule has 0 saturated heterocycles. The molecule has 0 aromatic heterocycles. The van der Waals surface area contributed by atoms with Crippen molar-refractivity contribution in [3.63, 3.8) is 0 Å². The van der Waals surface area contributed by atoms with Gasteiger partial charge in [0.05, 0.1) is 6.10 Å². The lowest BCUT2D eigenvalue weighted by molar-refractivity contribution is 0.180. The van der Waals surface area contributed by atoms with Crippen molar-refractivity contribution in [2.75, 3.05) is 13.6 Å². The van der Waals surface area contributed by atoms with Crippen LogP contribution in [0.3, 0.4) is 0 Å². The van der Waals surface area contributed by atoms with E-state index in [0.29, 0.717) is 0 Å². The van der Waals surface area contributed by atoms with Crippen LogP contribution in [0.4, 0.5) is 0 Å². The third kappa shape index (κ3) is 7.92. The smallest absolute Gasteiger partial charge is 0.0512 e. The van der Waals surface area contributed by atoms with Gasteiger partial charge in [-0.15, -0.1) is 0 Å². The highest BCUT2D eigenvalue weighted by molar-refractivity contribution is 4.49. The van der Waals surface area contributed by atoms with Crippen molar-refractivity contribution in [2.45, 2.75) is 38.7 Å². The topological polar surface area (TPSA) is 32.3 Å². The van der Waals surface area contributed by atoms with Crippen LogP contribution >= 0.6 is 0 Å². The summed E-state index contributed by atoms with van der Waals surface area (Å²) in [5, 5.41) is 12.0. The van der Waals surface area contributed by atoms with Gasteiger partial charge in [-0.2, -0.15) is 0 Å². The molecule has 0 bridgehead atoms. The normalized spacial score (nSPS) is 13.5. The molecule has 0 amide bonds. The van der Waals surface area contributed by atoms with E-state index in [0.717, 1.165) is 19.4 Å². The summed E-state index contributed by atoms with van der Waals surface area (Å²) in [4.78, 5) is 0. The highest BCUT2D eigenvalue weighted by atomic mass is 16.3. The molecule has 0 aliphatic heterocycles. The monoisotopic (exact) mass is 145 g/mol. The van der Waals surface area contributed by atoms with Crippen LogP contribution in [0, 0.1) is 0 Å². The Kier molecular flexibility index (Phi) is 6.98. The molecule has 0 aromatic rings. The van der Waals surface area contributed by atoms with E-state index in [1.165, 1.54) is 12.8 Å². The highest BCUT2D eigenvalue weighted by Gasteiger charge is 1.93. The minimum atomic E-state index is -0.116. The third-order valence-corrected chi connectivity index (χ3v) is 1.55. The molecule has 0 rings (SSSR count). The molecule has 0 aromatic carbocycles. The number of unbranched alkanes of at least 4 members (excludes halogenated alkanes) is 2. The molecule has 2 heteroatoms. The second-order valence-electron chi connectivity index (χ2n) is 2.80. The Morgan fingerprint density at radius 3 is 2.50 bits per heavy atom. The molecule has 0 aliphatic rings. The number of nitrogens with one attached hydrogen (secondary N) is 1. The van der Waals surface area contributed by atoms with Crippen molar-refractivity contribution >= 4 is 0 Å². The molecule has 10 heavy (non-hydrogen) atoms. The summed E-state index contributed by atoms with van der Waals surface area (Å²) >= 11 is 0. The van der Waals surface area contributed by atoms with Gasteiger partial charge in [-0.1, -0.05) is 12.8 Å². The van der Waals surface area contributed by atoms with Crippen molar-refractivity contribution in [1.82, 2.24) is 5.32 Å². The van der Waals surface area contributed by atoms with Gasteiger partial charge in [0.2, 0.25) is 0 Å². The maximum Gasteiger partial charge on any atom is 0.0512 e. The first-order chi connectivity index (χ1) is 4.77. The lowest BCUT2D eigenvalue weighted by Gasteiger charge is -2.02. The molecule has 0 fully saturated rings. The van der Waals surface area contributed by atoms with Crippen LogP contribution in [0.25, 0.3) is 0 Å². The fraction of sp³-hybridized carbons (Fsp3) is 1.00. The van der Waals surface area contributed by atoms with Gasteiger partial charge < -0.3 is 10.4 Å². The second kappa shape index (κ2) is 7.03. The van der Waals surface area contributed by atoms with Crippen molar-refractivity contribution in [1.29, 1.82) is 0 Å². The van der Waals surface area contributed by atoms with Crippen molar-refractivity contribution in [3.8, 4) is 0 Å². The Hall–Kier alpha value is -0.0800. The van der Waals surface area contributed by atoms with E-state index >= 15 is 0 Å². The number of aliphatic hydroxyl groups is 1. The summed E-state index contributed by atoms with van der Waals surface area (Å²) in [5.41, 5.74) is 0. The van der Waals surface area contributed by atoms with E-state index in [9.17, 15) is 0 Å². The maximum atomic E-state index is 8.89. The van der Waals surface area contributed by atoms with E-state index in [2.05, 4.69) is 5.32 Å². The molecule has 62 valence electrons. The third-order valence-electron chi connectivity index (χ3n) is 1.55. The van der Waals surface area contributed by atoms with Crippen molar-refractivity contribution in [3.05, 3.63) is 0 Å². The zero-order valence-corrected chi connectivity index (χ0v) is 7.06. The second-order valence-corrected chi connectivity index (χ2v) is 2.80. The first-order valence-corrected chi connectivity index (χ1v) is 4.10. The van der Waals surface area contributed by atoms with Crippen LogP contribution in [-0.4, -0.2) is 24.8 Å². The molecule has 2 nitrogen and oxygen atoms in total. The minimum Gasteiger partial charge on any atom is -0.393 e. The summed E-state index contributed by atoms with van der Waals surface area (Å²) in [7, 11) is 1.97. The molecular formula is C8H19NO. The highest BCUT2D eigenvalue weighted by Crippen LogP contribution is 2.01. The van der Waals surface area contributed by atoms with Crippen LogP contribution in [0.1, 0.15) is 32.6 Å². The Balaban J connectivity index is 2.77. The van der Waals surface area contributed by atoms with E-state index in [-0.39, 0.29) is 6.10 Å². The lowest BCUT2D eigenvalue weighted by Crippen LogP contribution is -2.07. The lowest BCUT2D eigenvalue weighted by atomic mass is 10.1. The number of hydrogen-bond acceptors (Lipinski definition) is 2. The first-order valence-electron chi connectivity index (χ1n) is 4.10. The fourth-order valence-corrected chi connectivity index (χ4v) is 0.918. The summed E-state index contributed by atoms with van der Waals surface area (Å²) in [6.45, 7) is 2.94. The Morgan fingerprint density at radius 1 is 1.30 bits per heavy atom. The average molecular weight is 145 g/mol. The van der Waals surface area contributed by atoms with E-state index < -0.39 is 0 Å². The zero-order chi connectivity index (χ0) is 7.82. The summed E-state index contributed by atoms with van der Waals surface area (Å²) in [5.74, 6) is 0. The first kappa shape index (κ1) is 9.92. The van der Waals surface area contributed by atoms with Crippen molar-refractivity contribution in [2.24, 2.45) is 0 Å². The van der Waals surface area contributed by atoms with Crippen LogP contribution in [0.2, 0.25) is 0 Å². The Morgan fingerprint density at radius 2 is 2.00 bits per heavy atom. The van der Waals surface area contributed by atoms with Gasteiger partial charge in [0, 0.05) is 0 Å². The van der Waals surface area contributed by atoms with Gasteiger partial charge in [-0.25, -0.2) is 0 Å². The molecule has 1 unspecified atom stereocenters. The van der Waals surface area contributed by atoms with Gasteiger partial charge in [0.15, 0.2) is 0 Å². The minimum absolute atomic E-state index is 0.116. The molecule has 0 saturated carbocycles. The Labute approximate surface area is 63.6 Å². The number of aliphatic hydroxyl groups excluding tert-OH is 1. The van der Waals surface area contributed by atoms with Crippen molar-refractivity contribution < 1.29 is 5.11 Å². The molecule has 2 N–H and O–H groups in total. The van der Waals surface area contributed by atoms with Crippen LogP contribution in [0.5, 0.6) is 0 Å².